The maximum Gasteiger partial charge on any atom is 0.257 e. The molecule has 1 aromatic heterocycles. The molecule has 1 amide bonds. The van der Waals surface area contributed by atoms with Crippen LogP contribution in [0.5, 0.6) is 0 Å². The summed E-state index contributed by atoms with van der Waals surface area (Å²) in [6.45, 7) is 0.257. The molecule has 0 spiro atoms. The number of hydrogen-bond donors (Lipinski definition) is 1. The van der Waals surface area contributed by atoms with Crippen molar-refractivity contribution < 1.29 is 13.2 Å². The summed E-state index contributed by atoms with van der Waals surface area (Å²) in [6.07, 6.45) is 0. The van der Waals surface area contributed by atoms with Crippen LogP contribution in [0.15, 0.2) is 119 Å². The topological polar surface area (TPSA) is 79.4 Å². The van der Waals surface area contributed by atoms with Crippen LogP contribution in [-0.2, 0) is 16.6 Å². The molecule has 0 atom stereocenters. The van der Waals surface area contributed by atoms with Gasteiger partial charge in [-0.05, 0) is 41.0 Å². The second kappa shape index (κ2) is 11.1. The van der Waals surface area contributed by atoms with Crippen molar-refractivity contribution in [3.63, 3.8) is 0 Å². The van der Waals surface area contributed by atoms with Crippen LogP contribution in [0.25, 0.3) is 22.4 Å². The van der Waals surface area contributed by atoms with E-state index in [9.17, 15) is 13.2 Å². The van der Waals surface area contributed by atoms with Crippen LogP contribution in [0.3, 0.4) is 0 Å². The van der Waals surface area contributed by atoms with E-state index >= 15 is 0 Å². The highest BCUT2D eigenvalue weighted by atomic mass is 32.2. The van der Waals surface area contributed by atoms with Gasteiger partial charge in [-0.25, -0.2) is 13.4 Å². The predicted molar refractivity (Wildman–Crippen MR) is 152 cm³/mol. The molecular formula is C30H25N3O3S2. The van der Waals surface area contributed by atoms with Gasteiger partial charge in [0.2, 0.25) is 10.0 Å². The Bertz CT molecular complexity index is 1630. The molecule has 0 unspecified atom stereocenters. The lowest BCUT2D eigenvalue weighted by atomic mass is 10.0. The van der Waals surface area contributed by atoms with Gasteiger partial charge in [0.15, 0.2) is 5.13 Å². The summed E-state index contributed by atoms with van der Waals surface area (Å²) in [5, 5.41) is 5.17. The maximum absolute atomic E-state index is 13.0. The van der Waals surface area contributed by atoms with Crippen LogP contribution in [0.4, 0.5) is 5.13 Å². The van der Waals surface area contributed by atoms with Gasteiger partial charge in [-0.15, -0.1) is 11.3 Å². The smallest absolute Gasteiger partial charge is 0.257 e. The van der Waals surface area contributed by atoms with Crippen molar-refractivity contribution in [2.24, 2.45) is 0 Å². The fourth-order valence-electron chi connectivity index (χ4n) is 3.98. The largest absolute Gasteiger partial charge is 0.298 e. The fraction of sp³-hybridized carbons (Fsp3) is 0.0667. The number of anilines is 1. The van der Waals surface area contributed by atoms with Crippen molar-refractivity contribution >= 4 is 32.4 Å². The van der Waals surface area contributed by atoms with E-state index in [1.807, 2.05) is 66.0 Å². The molecule has 0 aliphatic heterocycles. The number of aromatic nitrogens is 1. The first-order valence-electron chi connectivity index (χ1n) is 11.9. The van der Waals surface area contributed by atoms with Gasteiger partial charge in [0.25, 0.3) is 5.91 Å². The number of sulfonamides is 1. The van der Waals surface area contributed by atoms with Crippen LogP contribution in [0.2, 0.25) is 0 Å². The van der Waals surface area contributed by atoms with E-state index in [4.69, 9.17) is 0 Å². The van der Waals surface area contributed by atoms with Gasteiger partial charge in [0.05, 0.1) is 10.6 Å². The van der Waals surface area contributed by atoms with Gasteiger partial charge in [0, 0.05) is 30.1 Å². The molecule has 1 heterocycles. The number of thiazole rings is 1. The van der Waals surface area contributed by atoms with Crippen molar-refractivity contribution in [1.29, 1.82) is 0 Å². The third-order valence-electron chi connectivity index (χ3n) is 6.09. The van der Waals surface area contributed by atoms with E-state index in [0.717, 1.165) is 27.9 Å². The summed E-state index contributed by atoms with van der Waals surface area (Å²) in [5.74, 6) is -0.355. The Hall–Kier alpha value is -4.11. The van der Waals surface area contributed by atoms with Gasteiger partial charge in [-0.1, -0.05) is 84.9 Å². The van der Waals surface area contributed by atoms with Crippen molar-refractivity contribution in [1.82, 2.24) is 9.29 Å². The summed E-state index contributed by atoms with van der Waals surface area (Å²) in [4.78, 5) is 17.5. The van der Waals surface area contributed by atoms with Crippen LogP contribution in [0, 0.1) is 0 Å². The van der Waals surface area contributed by atoms with Gasteiger partial charge in [-0.2, -0.15) is 4.31 Å². The Kier molecular flexibility index (Phi) is 7.46. The number of hydrogen-bond acceptors (Lipinski definition) is 5. The number of carbonyl (C=O) groups is 1. The molecule has 0 saturated heterocycles. The van der Waals surface area contributed by atoms with Crippen LogP contribution in [0.1, 0.15) is 15.9 Å². The van der Waals surface area contributed by atoms with Crippen molar-refractivity contribution in [3.05, 3.63) is 126 Å². The molecule has 5 aromatic rings. The lowest BCUT2D eigenvalue weighted by Crippen LogP contribution is -2.26. The maximum atomic E-state index is 13.0. The van der Waals surface area contributed by atoms with E-state index in [1.165, 1.54) is 47.0 Å². The first-order valence-corrected chi connectivity index (χ1v) is 14.3. The Labute approximate surface area is 226 Å². The minimum Gasteiger partial charge on any atom is -0.298 e. The van der Waals surface area contributed by atoms with E-state index < -0.39 is 10.0 Å². The molecule has 0 radical (unpaired) electrons. The van der Waals surface area contributed by atoms with E-state index in [2.05, 4.69) is 34.6 Å². The summed E-state index contributed by atoms with van der Waals surface area (Å²) < 4.78 is 27.2. The molecule has 0 aliphatic carbocycles. The first-order chi connectivity index (χ1) is 18.4. The molecule has 0 aliphatic rings. The average molecular weight is 540 g/mol. The molecule has 190 valence electrons. The predicted octanol–water partition coefficient (Wildman–Crippen LogP) is 6.55. The molecule has 0 saturated carbocycles. The molecule has 1 N–H and O–H groups in total. The van der Waals surface area contributed by atoms with E-state index in [0.29, 0.717) is 10.7 Å². The zero-order valence-corrected chi connectivity index (χ0v) is 22.2. The highest BCUT2D eigenvalue weighted by Crippen LogP contribution is 2.28. The van der Waals surface area contributed by atoms with Crippen LogP contribution < -0.4 is 5.32 Å². The first kappa shape index (κ1) is 25.5. The Balaban J connectivity index is 1.23. The highest BCUT2D eigenvalue weighted by molar-refractivity contribution is 7.89. The third kappa shape index (κ3) is 5.73. The normalized spacial score (nSPS) is 11.4. The van der Waals surface area contributed by atoms with Crippen molar-refractivity contribution in [3.8, 4) is 22.4 Å². The van der Waals surface area contributed by atoms with Crippen molar-refractivity contribution in [2.75, 3.05) is 12.4 Å². The Morgan fingerprint density at radius 3 is 2.03 bits per heavy atom. The number of nitrogens with one attached hydrogen (secondary N) is 1. The average Bonchev–Trinajstić information content (AvgIpc) is 3.42. The molecule has 4 aromatic carbocycles. The molecule has 0 fully saturated rings. The van der Waals surface area contributed by atoms with Gasteiger partial charge < -0.3 is 0 Å². The highest BCUT2D eigenvalue weighted by Gasteiger charge is 2.21. The lowest BCUT2D eigenvalue weighted by Gasteiger charge is -2.17. The SMILES string of the molecule is CN(Cc1ccccc1)S(=O)(=O)c1ccc(C(=O)Nc2nc(-c3ccc(-c4ccccc4)cc3)cs2)cc1. The van der Waals surface area contributed by atoms with E-state index in [1.54, 1.807) is 0 Å². The molecule has 0 bridgehead atoms. The van der Waals surface area contributed by atoms with Crippen LogP contribution in [-0.4, -0.2) is 30.7 Å². The summed E-state index contributed by atoms with van der Waals surface area (Å²) in [6, 6.07) is 33.6. The van der Waals surface area contributed by atoms with Crippen molar-refractivity contribution in [2.45, 2.75) is 11.4 Å². The number of rotatable bonds is 8. The Morgan fingerprint density at radius 2 is 1.37 bits per heavy atom. The minimum atomic E-state index is -3.70. The number of nitrogens with zero attached hydrogens (tertiary/aromatic N) is 2. The van der Waals surface area contributed by atoms with Gasteiger partial charge in [0.1, 0.15) is 0 Å². The summed E-state index contributed by atoms with van der Waals surface area (Å²) in [7, 11) is -2.16. The fourth-order valence-corrected chi connectivity index (χ4v) is 5.85. The number of benzene rings is 4. The zero-order valence-electron chi connectivity index (χ0n) is 20.6. The molecule has 6 nitrogen and oxygen atoms in total. The quantitative estimate of drug-likeness (QED) is 0.243. The second-order valence-electron chi connectivity index (χ2n) is 8.71. The zero-order chi connectivity index (χ0) is 26.5. The molecule has 5 rings (SSSR count). The Morgan fingerprint density at radius 1 is 0.789 bits per heavy atom. The monoisotopic (exact) mass is 539 g/mol. The summed E-state index contributed by atoms with van der Waals surface area (Å²) in [5.41, 5.74) is 5.23. The standard InChI is InChI=1S/C30H25N3O3S2/c1-33(20-22-8-4-2-5-9-22)38(35,36)27-18-16-26(17-19-27)29(34)32-30-31-28(21-37-30)25-14-12-24(13-15-25)23-10-6-3-7-11-23/h2-19,21H,20H2,1H3,(H,31,32,34). The minimum absolute atomic E-state index is 0.128. The third-order valence-corrected chi connectivity index (χ3v) is 8.66. The van der Waals surface area contributed by atoms with Crippen LogP contribution >= 0.6 is 11.3 Å². The summed E-state index contributed by atoms with van der Waals surface area (Å²) >= 11 is 1.33. The number of amides is 1. The van der Waals surface area contributed by atoms with E-state index in [-0.39, 0.29) is 17.3 Å². The second-order valence-corrected chi connectivity index (χ2v) is 11.6. The van der Waals surface area contributed by atoms with Gasteiger partial charge in [-0.3, -0.25) is 10.1 Å². The van der Waals surface area contributed by atoms with Gasteiger partial charge >= 0.3 is 0 Å². The molecular weight excluding hydrogens is 514 g/mol. The molecule has 38 heavy (non-hydrogen) atoms. The molecule has 8 heteroatoms. The lowest BCUT2D eigenvalue weighted by molar-refractivity contribution is 0.102. The number of carbonyl (C=O) groups excluding carboxylic acids is 1.